The van der Waals surface area contributed by atoms with Crippen molar-refractivity contribution in [2.45, 2.75) is 20.3 Å². The van der Waals surface area contributed by atoms with Crippen LogP contribution in [0.3, 0.4) is 0 Å². The van der Waals surface area contributed by atoms with Gasteiger partial charge in [-0.15, -0.1) is 0 Å². The van der Waals surface area contributed by atoms with E-state index < -0.39 is 0 Å². The summed E-state index contributed by atoms with van der Waals surface area (Å²) in [7, 11) is 0. The number of imidazole rings is 1. The number of carbonyl (C=O) groups excluding carboxylic acids is 1. The molecule has 5 rings (SSSR count). The third-order valence-electron chi connectivity index (χ3n) is 5.81. The summed E-state index contributed by atoms with van der Waals surface area (Å²) in [5.74, 6) is 0.489. The van der Waals surface area contributed by atoms with Crippen molar-refractivity contribution in [1.29, 1.82) is 0 Å². The Hall–Kier alpha value is -4.63. The highest BCUT2D eigenvalue weighted by atomic mass is 35.5. The van der Waals surface area contributed by atoms with E-state index in [0.29, 0.717) is 34.3 Å². The van der Waals surface area contributed by atoms with Crippen LogP contribution < -0.4 is 5.32 Å². The Morgan fingerprint density at radius 1 is 1.14 bits per heavy atom. The summed E-state index contributed by atoms with van der Waals surface area (Å²) in [6.45, 7) is 7.58. The third kappa shape index (κ3) is 4.76. The first-order valence-electron chi connectivity index (χ1n) is 11.6. The second-order valence-electron chi connectivity index (χ2n) is 8.20. The topological polar surface area (TPSA) is 125 Å². The first kappa shape index (κ1) is 24.1. The van der Waals surface area contributed by atoms with E-state index in [0.717, 1.165) is 38.7 Å². The number of amides is 1. The minimum absolute atomic E-state index is 0.0779. The molecule has 0 radical (unpaired) electrons. The van der Waals surface area contributed by atoms with Crippen LogP contribution in [0.4, 0.5) is 5.69 Å². The summed E-state index contributed by atoms with van der Waals surface area (Å²) in [4.78, 5) is 33.1. The lowest BCUT2D eigenvalue weighted by Crippen LogP contribution is -2.09. The van der Waals surface area contributed by atoms with Crippen LogP contribution in [0.25, 0.3) is 50.3 Å². The Labute approximate surface area is 217 Å². The average Bonchev–Trinajstić information content (AvgIpc) is 3.55. The zero-order chi connectivity index (χ0) is 25.9. The number of hydrogen-bond donors (Lipinski definition) is 3. The van der Waals surface area contributed by atoms with E-state index in [9.17, 15) is 4.79 Å². The van der Waals surface area contributed by atoms with Gasteiger partial charge in [-0.2, -0.15) is 5.10 Å². The molecule has 0 saturated heterocycles. The lowest BCUT2D eigenvalue weighted by Gasteiger charge is -2.06. The first-order valence-corrected chi connectivity index (χ1v) is 12.0. The molecule has 0 aliphatic heterocycles. The Morgan fingerprint density at radius 3 is 2.73 bits per heavy atom. The largest absolute Gasteiger partial charge is 0.335 e. The molecule has 1 amide bonds. The summed E-state index contributed by atoms with van der Waals surface area (Å²) < 4.78 is 0. The van der Waals surface area contributed by atoms with Crippen molar-refractivity contribution in [3.63, 3.8) is 0 Å². The molecule has 0 bridgehead atoms. The minimum Gasteiger partial charge on any atom is -0.335 e. The Morgan fingerprint density at radius 2 is 1.95 bits per heavy atom. The Kier molecular flexibility index (Phi) is 6.61. The second-order valence-corrected chi connectivity index (χ2v) is 8.64. The predicted octanol–water partition coefficient (Wildman–Crippen LogP) is 6.02. The van der Waals surface area contributed by atoms with Crippen molar-refractivity contribution >= 4 is 50.8 Å². The third-order valence-corrected chi connectivity index (χ3v) is 6.14. The van der Waals surface area contributed by atoms with Gasteiger partial charge < -0.3 is 10.3 Å². The van der Waals surface area contributed by atoms with Gasteiger partial charge in [0.1, 0.15) is 5.69 Å². The molecular weight excluding hydrogens is 488 g/mol. The van der Waals surface area contributed by atoms with E-state index in [1.54, 1.807) is 50.1 Å². The molecule has 0 aliphatic rings. The summed E-state index contributed by atoms with van der Waals surface area (Å²) >= 11 is 6.24. The Balaban J connectivity index is 1.58. The zero-order valence-electron chi connectivity index (χ0n) is 20.2. The molecular formula is C27H23ClN8O. The number of aromatic nitrogens is 7. The molecule has 0 spiro atoms. The summed E-state index contributed by atoms with van der Waals surface area (Å²) in [6.07, 6.45) is 14.3. The van der Waals surface area contributed by atoms with Crippen LogP contribution in [0, 0.1) is 0 Å². The fraction of sp³-hybridized carbons (Fsp3) is 0.111. The molecule has 0 fully saturated rings. The van der Waals surface area contributed by atoms with Crippen molar-refractivity contribution in [3.8, 4) is 22.6 Å². The fourth-order valence-electron chi connectivity index (χ4n) is 3.89. The molecule has 0 aromatic carbocycles. The number of allylic oxidation sites excluding steroid dienone is 5. The maximum Gasteiger partial charge on any atom is 0.224 e. The standard InChI is InChI=1S/C27H23ClN8O/c1-4-15(7-18(28)5-2)21-13-30-14-22-24(21)34-27(33-22)25-20-9-17(11-31-26(20)36-35-25)16-8-19(12-29-10-16)32-23(37)6-3/h4-5,7-14H,1,6H2,2-3H3,(H,32,37)(H,33,34)(H,31,35,36)/b15-7+,18-5+. The highest BCUT2D eigenvalue weighted by molar-refractivity contribution is 6.31. The predicted molar refractivity (Wildman–Crippen MR) is 147 cm³/mol. The molecule has 5 aromatic rings. The van der Waals surface area contributed by atoms with Crippen molar-refractivity contribution < 1.29 is 4.79 Å². The first-order chi connectivity index (χ1) is 18.0. The molecule has 9 nitrogen and oxygen atoms in total. The van der Waals surface area contributed by atoms with E-state index in [1.807, 2.05) is 25.1 Å². The molecule has 0 aliphatic carbocycles. The van der Waals surface area contributed by atoms with Gasteiger partial charge in [0, 0.05) is 46.7 Å². The van der Waals surface area contributed by atoms with Crippen LogP contribution >= 0.6 is 11.6 Å². The molecule has 3 N–H and O–H groups in total. The second kappa shape index (κ2) is 10.2. The lowest BCUT2D eigenvalue weighted by molar-refractivity contribution is -0.115. The van der Waals surface area contributed by atoms with Crippen LogP contribution in [0.2, 0.25) is 0 Å². The number of H-pyrrole nitrogens is 2. The molecule has 184 valence electrons. The number of anilines is 1. The number of nitrogens with one attached hydrogen (secondary N) is 3. The fourth-order valence-corrected chi connectivity index (χ4v) is 4.01. The molecule has 10 heteroatoms. The summed E-state index contributed by atoms with van der Waals surface area (Å²) in [5.41, 5.74) is 6.57. The van der Waals surface area contributed by atoms with E-state index in [1.165, 1.54) is 0 Å². The number of rotatable bonds is 7. The van der Waals surface area contributed by atoms with Crippen LogP contribution in [-0.2, 0) is 4.79 Å². The smallest absolute Gasteiger partial charge is 0.224 e. The number of halogens is 1. The molecule has 37 heavy (non-hydrogen) atoms. The van der Waals surface area contributed by atoms with E-state index in [2.05, 4.69) is 42.0 Å². The average molecular weight is 511 g/mol. The molecule has 0 atom stereocenters. The molecule has 0 unspecified atom stereocenters. The summed E-state index contributed by atoms with van der Waals surface area (Å²) in [6, 6.07) is 3.83. The number of hydrogen-bond acceptors (Lipinski definition) is 6. The summed E-state index contributed by atoms with van der Waals surface area (Å²) in [5, 5.41) is 11.7. The van der Waals surface area contributed by atoms with Gasteiger partial charge in [-0.1, -0.05) is 37.3 Å². The molecule has 0 saturated carbocycles. The Bertz CT molecular complexity index is 1710. The van der Waals surface area contributed by atoms with Gasteiger partial charge >= 0.3 is 0 Å². The van der Waals surface area contributed by atoms with Crippen molar-refractivity contribution in [3.05, 3.63) is 78.5 Å². The van der Waals surface area contributed by atoms with Crippen LogP contribution in [0.15, 0.2) is 73.0 Å². The number of fused-ring (bicyclic) bond motifs is 2. The monoisotopic (exact) mass is 510 g/mol. The SMILES string of the molecule is C=C/C(=C\C(Cl)=C/C)c1cncc2[nH]c(-c3n[nH]c4ncc(-c5cncc(NC(=O)CC)c5)cc34)nc12. The van der Waals surface area contributed by atoms with Crippen molar-refractivity contribution in [1.82, 2.24) is 35.1 Å². The van der Waals surface area contributed by atoms with Crippen LogP contribution in [0.5, 0.6) is 0 Å². The van der Waals surface area contributed by atoms with Gasteiger partial charge in [-0.05, 0) is 30.7 Å². The van der Waals surface area contributed by atoms with Gasteiger partial charge in [0.05, 0.1) is 34.5 Å². The van der Waals surface area contributed by atoms with Gasteiger partial charge in [-0.25, -0.2) is 9.97 Å². The van der Waals surface area contributed by atoms with Gasteiger partial charge in [0.2, 0.25) is 5.91 Å². The quantitative estimate of drug-likeness (QED) is 0.230. The van der Waals surface area contributed by atoms with E-state index in [4.69, 9.17) is 16.6 Å². The van der Waals surface area contributed by atoms with Gasteiger partial charge in [0.15, 0.2) is 11.5 Å². The zero-order valence-corrected chi connectivity index (χ0v) is 21.0. The van der Waals surface area contributed by atoms with Gasteiger partial charge in [0.25, 0.3) is 0 Å². The number of carbonyl (C=O) groups is 1. The van der Waals surface area contributed by atoms with Crippen molar-refractivity contribution in [2.24, 2.45) is 0 Å². The molecule has 5 heterocycles. The lowest BCUT2D eigenvalue weighted by atomic mass is 10.1. The van der Waals surface area contributed by atoms with Gasteiger partial charge in [-0.3, -0.25) is 19.9 Å². The maximum atomic E-state index is 11.8. The molecule has 5 aromatic heterocycles. The maximum absolute atomic E-state index is 11.8. The normalized spacial score (nSPS) is 12.3. The highest BCUT2D eigenvalue weighted by Gasteiger charge is 2.17. The van der Waals surface area contributed by atoms with Crippen LogP contribution in [0.1, 0.15) is 25.8 Å². The highest BCUT2D eigenvalue weighted by Crippen LogP contribution is 2.32. The number of pyridine rings is 3. The number of aromatic amines is 2. The number of nitrogens with zero attached hydrogens (tertiary/aromatic N) is 5. The van der Waals surface area contributed by atoms with Crippen LogP contribution in [-0.4, -0.2) is 41.0 Å². The van der Waals surface area contributed by atoms with Crippen molar-refractivity contribution in [2.75, 3.05) is 5.32 Å². The minimum atomic E-state index is -0.0779. The van der Waals surface area contributed by atoms with E-state index >= 15 is 0 Å². The van der Waals surface area contributed by atoms with E-state index in [-0.39, 0.29) is 5.91 Å².